The summed E-state index contributed by atoms with van der Waals surface area (Å²) in [5.74, 6) is 0.496. The van der Waals surface area contributed by atoms with Crippen molar-refractivity contribution in [3.8, 4) is 5.75 Å². The first kappa shape index (κ1) is 21.1. The lowest BCUT2D eigenvalue weighted by molar-refractivity contribution is -0.133. The molecular formula is C26H26N4O3. The number of nitrogens with zero attached hydrogens (tertiary/aromatic N) is 4. The van der Waals surface area contributed by atoms with E-state index in [0.29, 0.717) is 6.42 Å². The number of hydrazone groups is 1. The van der Waals surface area contributed by atoms with Crippen molar-refractivity contribution in [2.75, 3.05) is 7.11 Å². The molecule has 1 atom stereocenters. The van der Waals surface area contributed by atoms with Crippen molar-refractivity contribution in [3.63, 3.8) is 0 Å². The summed E-state index contributed by atoms with van der Waals surface area (Å²) in [7, 11) is 1.63. The van der Waals surface area contributed by atoms with Crippen LogP contribution in [0.4, 0.5) is 0 Å². The van der Waals surface area contributed by atoms with E-state index in [1.54, 1.807) is 13.2 Å². The second-order valence-corrected chi connectivity index (χ2v) is 8.46. The molecule has 7 heteroatoms. The third-order valence-electron chi connectivity index (χ3n) is 6.33. The smallest absolute Gasteiger partial charge is 0.267 e. The normalized spacial score (nSPS) is 17.4. The average Bonchev–Trinajstić information content (AvgIpc) is 3.31. The molecule has 0 saturated heterocycles. The van der Waals surface area contributed by atoms with Crippen LogP contribution < -0.4 is 10.3 Å². The van der Waals surface area contributed by atoms with Gasteiger partial charge in [0.2, 0.25) is 0 Å². The second kappa shape index (κ2) is 9.02. The molecule has 3 aromatic rings. The number of fused-ring (bicyclic) bond motifs is 1. The zero-order valence-corrected chi connectivity index (χ0v) is 18.6. The van der Waals surface area contributed by atoms with Crippen LogP contribution in [-0.2, 0) is 24.2 Å². The fraction of sp³-hybridized carbons (Fsp3) is 0.308. The van der Waals surface area contributed by atoms with Crippen LogP contribution in [0, 0.1) is 0 Å². The minimum Gasteiger partial charge on any atom is -0.497 e. The van der Waals surface area contributed by atoms with Gasteiger partial charge in [-0.3, -0.25) is 9.59 Å². The van der Waals surface area contributed by atoms with Gasteiger partial charge >= 0.3 is 0 Å². The van der Waals surface area contributed by atoms with Crippen molar-refractivity contribution >= 4 is 11.6 Å². The lowest BCUT2D eigenvalue weighted by atomic mass is 9.97. The number of amides is 1. The molecule has 0 unspecified atom stereocenters. The number of ether oxygens (including phenoxy) is 1. The zero-order chi connectivity index (χ0) is 22.8. The van der Waals surface area contributed by atoms with Crippen molar-refractivity contribution in [1.82, 2.24) is 14.8 Å². The largest absolute Gasteiger partial charge is 0.497 e. The van der Waals surface area contributed by atoms with Crippen LogP contribution in [-0.4, -0.2) is 33.5 Å². The predicted octanol–water partition coefficient (Wildman–Crippen LogP) is 3.51. The SMILES string of the molecule is COc1ccc([C@@H]2CC(c3ccccc3)=NN2C(=O)Cn2nc3c(cc2=O)CCCC3)cc1. The van der Waals surface area contributed by atoms with Gasteiger partial charge in [-0.25, -0.2) is 9.69 Å². The molecule has 33 heavy (non-hydrogen) atoms. The van der Waals surface area contributed by atoms with Gasteiger partial charge in [-0.1, -0.05) is 42.5 Å². The van der Waals surface area contributed by atoms with Crippen molar-refractivity contribution in [1.29, 1.82) is 0 Å². The molecule has 0 saturated carbocycles. The topological polar surface area (TPSA) is 76.8 Å². The molecule has 2 heterocycles. The number of rotatable bonds is 5. The highest BCUT2D eigenvalue weighted by atomic mass is 16.5. The minimum absolute atomic E-state index is 0.135. The Kier molecular flexibility index (Phi) is 5.77. The summed E-state index contributed by atoms with van der Waals surface area (Å²) in [6.07, 6.45) is 4.45. The molecule has 1 amide bonds. The number of aromatic nitrogens is 2. The Morgan fingerprint density at radius 2 is 1.82 bits per heavy atom. The van der Waals surface area contributed by atoms with Gasteiger partial charge in [-0.15, -0.1) is 0 Å². The Morgan fingerprint density at radius 3 is 2.58 bits per heavy atom. The Bertz CT molecular complexity index is 1250. The van der Waals surface area contributed by atoms with Gasteiger partial charge in [0.25, 0.3) is 11.5 Å². The molecule has 1 aromatic heterocycles. The fourth-order valence-electron chi connectivity index (χ4n) is 4.55. The first-order chi connectivity index (χ1) is 16.1. The van der Waals surface area contributed by atoms with Crippen molar-refractivity contribution in [2.45, 2.75) is 44.7 Å². The number of hydrogen-bond acceptors (Lipinski definition) is 5. The Balaban J connectivity index is 1.46. The van der Waals surface area contributed by atoms with Crippen LogP contribution in [0.15, 0.2) is 70.6 Å². The monoisotopic (exact) mass is 442 g/mol. The summed E-state index contributed by atoms with van der Waals surface area (Å²) in [6, 6.07) is 18.9. The summed E-state index contributed by atoms with van der Waals surface area (Å²) in [5.41, 5.74) is 4.49. The number of carbonyl (C=O) groups excluding carboxylic acids is 1. The highest BCUT2D eigenvalue weighted by Crippen LogP contribution is 2.33. The molecule has 7 nitrogen and oxygen atoms in total. The lowest BCUT2D eigenvalue weighted by Gasteiger charge is -2.23. The zero-order valence-electron chi connectivity index (χ0n) is 18.6. The number of carbonyl (C=O) groups is 1. The van der Waals surface area contributed by atoms with E-state index in [-0.39, 0.29) is 24.1 Å². The summed E-state index contributed by atoms with van der Waals surface area (Å²) in [4.78, 5) is 26.0. The quantitative estimate of drug-likeness (QED) is 0.606. The first-order valence-electron chi connectivity index (χ1n) is 11.3. The van der Waals surface area contributed by atoms with E-state index >= 15 is 0 Å². The van der Waals surface area contributed by atoms with Crippen molar-refractivity contribution in [3.05, 3.63) is 93.4 Å². The van der Waals surface area contributed by atoms with E-state index in [2.05, 4.69) is 5.10 Å². The van der Waals surface area contributed by atoms with E-state index in [1.165, 1.54) is 9.69 Å². The van der Waals surface area contributed by atoms with E-state index < -0.39 is 0 Å². The summed E-state index contributed by atoms with van der Waals surface area (Å²) in [6.45, 7) is -0.135. The van der Waals surface area contributed by atoms with Crippen LogP contribution in [0.1, 0.15) is 47.7 Å². The molecular weight excluding hydrogens is 416 g/mol. The van der Waals surface area contributed by atoms with E-state index in [0.717, 1.165) is 59.5 Å². The maximum atomic E-state index is 13.4. The number of benzene rings is 2. The van der Waals surface area contributed by atoms with Crippen molar-refractivity contribution in [2.24, 2.45) is 5.10 Å². The number of aryl methyl sites for hydroxylation is 2. The van der Waals surface area contributed by atoms with Gasteiger partial charge in [-0.2, -0.15) is 10.2 Å². The molecule has 2 aromatic carbocycles. The van der Waals surface area contributed by atoms with Crippen molar-refractivity contribution < 1.29 is 9.53 Å². The second-order valence-electron chi connectivity index (χ2n) is 8.46. The average molecular weight is 443 g/mol. The predicted molar refractivity (Wildman–Crippen MR) is 125 cm³/mol. The van der Waals surface area contributed by atoms with E-state index in [1.807, 2.05) is 54.6 Å². The van der Waals surface area contributed by atoms with Gasteiger partial charge in [0.15, 0.2) is 0 Å². The molecule has 0 bridgehead atoms. The fourth-order valence-corrected chi connectivity index (χ4v) is 4.55. The standard InChI is InChI=1S/C26H26N4O3/c1-33-21-13-11-19(12-14-21)24-16-23(18-7-3-2-4-8-18)28-30(24)26(32)17-29-25(31)15-20-9-5-6-10-22(20)27-29/h2-4,7-8,11-15,24H,5-6,9-10,16-17H2,1H3/t24-/m0/s1. The number of hydrogen-bond donors (Lipinski definition) is 0. The van der Waals surface area contributed by atoms with Gasteiger partial charge in [-0.05, 0) is 54.5 Å². The van der Waals surface area contributed by atoms with Crippen LogP contribution in [0.25, 0.3) is 0 Å². The van der Waals surface area contributed by atoms with Crippen LogP contribution in [0.3, 0.4) is 0 Å². The first-order valence-corrected chi connectivity index (χ1v) is 11.3. The van der Waals surface area contributed by atoms with Gasteiger partial charge in [0.05, 0.1) is 24.6 Å². The lowest BCUT2D eigenvalue weighted by Crippen LogP contribution is -2.35. The maximum Gasteiger partial charge on any atom is 0.267 e. The highest BCUT2D eigenvalue weighted by molar-refractivity contribution is 6.03. The Morgan fingerprint density at radius 1 is 1.06 bits per heavy atom. The molecule has 0 radical (unpaired) electrons. The molecule has 0 N–H and O–H groups in total. The van der Waals surface area contributed by atoms with Crippen LogP contribution in [0.2, 0.25) is 0 Å². The summed E-state index contributed by atoms with van der Waals surface area (Å²) >= 11 is 0. The van der Waals surface area contributed by atoms with Gasteiger partial charge < -0.3 is 4.74 Å². The Labute approximate surface area is 192 Å². The summed E-state index contributed by atoms with van der Waals surface area (Å²) < 4.78 is 6.56. The number of methoxy groups -OCH3 is 1. The molecule has 1 aliphatic heterocycles. The third kappa shape index (κ3) is 4.31. The minimum atomic E-state index is -0.257. The van der Waals surface area contributed by atoms with Crippen LogP contribution in [0.5, 0.6) is 5.75 Å². The molecule has 0 fully saturated rings. The molecule has 168 valence electrons. The van der Waals surface area contributed by atoms with E-state index in [4.69, 9.17) is 9.84 Å². The maximum absolute atomic E-state index is 13.4. The van der Waals surface area contributed by atoms with E-state index in [9.17, 15) is 9.59 Å². The molecule has 5 rings (SSSR count). The van der Waals surface area contributed by atoms with Gasteiger partial charge in [0.1, 0.15) is 12.3 Å². The Hall–Kier alpha value is -3.74. The third-order valence-corrected chi connectivity index (χ3v) is 6.33. The summed E-state index contributed by atoms with van der Waals surface area (Å²) in [5, 5.41) is 10.7. The highest BCUT2D eigenvalue weighted by Gasteiger charge is 2.33. The molecule has 0 spiro atoms. The van der Waals surface area contributed by atoms with Gasteiger partial charge in [0, 0.05) is 12.5 Å². The molecule has 2 aliphatic rings. The molecule has 1 aliphatic carbocycles. The van der Waals surface area contributed by atoms with Crippen LogP contribution >= 0.6 is 0 Å².